The summed E-state index contributed by atoms with van der Waals surface area (Å²) in [6.45, 7) is 1.94. The SMILES string of the molecule is CCOC(=O)c1ccc2c(c1)c(=O)oc(=O)n2C. The van der Waals surface area contributed by atoms with Crippen LogP contribution in [0.25, 0.3) is 10.9 Å². The van der Waals surface area contributed by atoms with Crippen LogP contribution in [0.2, 0.25) is 0 Å². The van der Waals surface area contributed by atoms with Crippen molar-refractivity contribution in [1.82, 2.24) is 4.57 Å². The van der Waals surface area contributed by atoms with Crippen molar-refractivity contribution >= 4 is 16.9 Å². The fourth-order valence-corrected chi connectivity index (χ4v) is 1.63. The third-order valence-electron chi connectivity index (χ3n) is 2.54. The summed E-state index contributed by atoms with van der Waals surface area (Å²) in [5.41, 5.74) is -0.112. The summed E-state index contributed by atoms with van der Waals surface area (Å²) >= 11 is 0. The van der Waals surface area contributed by atoms with Gasteiger partial charge in [-0.3, -0.25) is 4.57 Å². The maximum Gasteiger partial charge on any atom is 0.422 e. The predicted octanol–water partition coefficient (Wildman–Crippen LogP) is 0.668. The number of ether oxygens (including phenoxy) is 1. The molecule has 0 aliphatic rings. The zero-order valence-electron chi connectivity index (χ0n) is 9.93. The van der Waals surface area contributed by atoms with Gasteiger partial charge in [0.2, 0.25) is 0 Å². The number of rotatable bonds is 2. The van der Waals surface area contributed by atoms with Crippen LogP contribution in [0.5, 0.6) is 0 Å². The van der Waals surface area contributed by atoms with Gasteiger partial charge in [0, 0.05) is 7.05 Å². The van der Waals surface area contributed by atoms with Crippen LogP contribution in [-0.4, -0.2) is 17.1 Å². The lowest BCUT2D eigenvalue weighted by Gasteiger charge is -2.05. The van der Waals surface area contributed by atoms with E-state index in [1.807, 2.05) is 0 Å². The van der Waals surface area contributed by atoms with E-state index >= 15 is 0 Å². The Labute approximate surface area is 101 Å². The number of carbonyl (C=O) groups excluding carboxylic acids is 1. The summed E-state index contributed by atoms with van der Waals surface area (Å²) in [4.78, 5) is 34.4. The van der Waals surface area contributed by atoms with E-state index < -0.39 is 17.4 Å². The minimum absolute atomic E-state index is 0.169. The van der Waals surface area contributed by atoms with Crippen LogP contribution in [0, 0.1) is 0 Å². The standard InChI is InChI=1S/C12H11NO5/c1-3-17-10(14)7-4-5-9-8(6-7)11(15)18-12(16)13(9)2/h4-6H,3H2,1-2H3. The first-order valence-corrected chi connectivity index (χ1v) is 5.35. The van der Waals surface area contributed by atoms with E-state index in [4.69, 9.17) is 4.74 Å². The van der Waals surface area contributed by atoms with Crippen LogP contribution in [-0.2, 0) is 11.8 Å². The van der Waals surface area contributed by atoms with Crippen LogP contribution in [0.4, 0.5) is 0 Å². The summed E-state index contributed by atoms with van der Waals surface area (Å²) in [5.74, 6) is -1.26. The molecule has 6 heteroatoms. The molecule has 0 bridgehead atoms. The molecule has 0 aliphatic heterocycles. The van der Waals surface area contributed by atoms with Crippen LogP contribution in [0.15, 0.2) is 32.2 Å². The van der Waals surface area contributed by atoms with E-state index in [9.17, 15) is 14.4 Å². The highest BCUT2D eigenvalue weighted by Crippen LogP contribution is 2.11. The number of esters is 1. The zero-order valence-corrected chi connectivity index (χ0v) is 9.93. The first-order valence-electron chi connectivity index (χ1n) is 5.35. The minimum Gasteiger partial charge on any atom is -0.462 e. The molecule has 2 aromatic rings. The van der Waals surface area contributed by atoms with Gasteiger partial charge in [0.1, 0.15) is 0 Å². The molecule has 0 unspecified atom stereocenters. The highest BCUT2D eigenvalue weighted by molar-refractivity contribution is 5.94. The molecule has 0 fully saturated rings. The van der Waals surface area contributed by atoms with Crippen molar-refractivity contribution in [3.8, 4) is 0 Å². The van der Waals surface area contributed by atoms with E-state index in [-0.39, 0.29) is 17.6 Å². The maximum atomic E-state index is 11.6. The van der Waals surface area contributed by atoms with Gasteiger partial charge in [-0.1, -0.05) is 0 Å². The summed E-state index contributed by atoms with van der Waals surface area (Å²) < 4.78 is 10.5. The number of fused-ring (bicyclic) bond motifs is 1. The zero-order chi connectivity index (χ0) is 13.3. The number of aromatic nitrogens is 1. The van der Waals surface area contributed by atoms with Gasteiger partial charge in [0.25, 0.3) is 0 Å². The second-order valence-electron chi connectivity index (χ2n) is 3.67. The molecule has 1 aromatic heterocycles. The number of hydrogen-bond donors (Lipinski definition) is 0. The first-order chi connectivity index (χ1) is 8.54. The molecule has 0 saturated carbocycles. The lowest BCUT2D eigenvalue weighted by Crippen LogP contribution is -2.22. The largest absolute Gasteiger partial charge is 0.462 e. The second kappa shape index (κ2) is 4.48. The number of carbonyl (C=O) groups is 1. The van der Waals surface area contributed by atoms with Gasteiger partial charge in [-0.25, -0.2) is 14.4 Å². The highest BCUT2D eigenvalue weighted by atomic mass is 16.5. The minimum atomic E-state index is -0.765. The summed E-state index contributed by atoms with van der Waals surface area (Å²) in [6, 6.07) is 4.37. The molecular weight excluding hydrogens is 238 g/mol. The Bertz CT molecular complexity index is 725. The Kier molecular flexibility index (Phi) is 3.01. The highest BCUT2D eigenvalue weighted by Gasteiger charge is 2.11. The van der Waals surface area contributed by atoms with Crippen LogP contribution in [0.1, 0.15) is 17.3 Å². The van der Waals surface area contributed by atoms with E-state index in [1.54, 1.807) is 6.92 Å². The van der Waals surface area contributed by atoms with Gasteiger partial charge in [0.15, 0.2) is 0 Å². The van der Waals surface area contributed by atoms with Crippen LogP contribution in [0.3, 0.4) is 0 Å². The monoisotopic (exact) mass is 249 g/mol. The van der Waals surface area contributed by atoms with E-state index in [0.29, 0.717) is 5.52 Å². The lowest BCUT2D eigenvalue weighted by molar-refractivity contribution is 0.0526. The molecule has 1 aromatic carbocycles. The van der Waals surface area contributed by atoms with Crippen molar-refractivity contribution < 1.29 is 13.9 Å². The van der Waals surface area contributed by atoms with Crippen molar-refractivity contribution in [2.45, 2.75) is 6.92 Å². The third-order valence-corrected chi connectivity index (χ3v) is 2.54. The van der Waals surface area contributed by atoms with Gasteiger partial charge < -0.3 is 9.15 Å². The van der Waals surface area contributed by atoms with E-state index in [1.165, 1.54) is 29.8 Å². The van der Waals surface area contributed by atoms with Crippen molar-refractivity contribution in [3.05, 3.63) is 44.7 Å². The molecule has 94 valence electrons. The third kappa shape index (κ3) is 1.92. The van der Waals surface area contributed by atoms with Gasteiger partial charge in [-0.2, -0.15) is 0 Å². The molecule has 6 nitrogen and oxygen atoms in total. The molecule has 0 atom stereocenters. The molecule has 0 spiro atoms. The molecule has 2 rings (SSSR count). The summed E-state index contributed by atoms with van der Waals surface area (Å²) in [5, 5.41) is 0.169. The summed E-state index contributed by atoms with van der Waals surface area (Å²) in [7, 11) is 1.48. The van der Waals surface area contributed by atoms with Crippen molar-refractivity contribution in [2.75, 3.05) is 6.61 Å². The molecule has 1 heterocycles. The lowest BCUT2D eigenvalue weighted by atomic mass is 10.1. The van der Waals surface area contributed by atoms with E-state index in [0.717, 1.165) is 0 Å². The number of hydrogen-bond acceptors (Lipinski definition) is 5. The summed E-state index contributed by atoms with van der Waals surface area (Å²) in [6.07, 6.45) is 0. The Hall–Kier alpha value is -2.37. The van der Waals surface area contributed by atoms with Gasteiger partial charge >= 0.3 is 17.4 Å². The van der Waals surface area contributed by atoms with Crippen molar-refractivity contribution in [3.63, 3.8) is 0 Å². The molecule has 0 radical (unpaired) electrons. The Balaban J connectivity index is 2.70. The average molecular weight is 249 g/mol. The fraction of sp³-hybridized carbons (Fsp3) is 0.250. The average Bonchev–Trinajstić information content (AvgIpc) is 2.36. The van der Waals surface area contributed by atoms with E-state index in [2.05, 4.69) is 4.42 Å². The van der Waals surface area contributed by atoms with Gasteiger partial charge in [-0.05, 0) is 25.1 Å². The topological polar surface area (TPSA) is 78.5 Å². The Morgan fingerprint density at radius 2 is 2.11 bits per heavy atom. The molecule has 0 N–H and O–H groups in total. The molecule has 18 heavy (non-hydrogen) atoms. The second-order valence-corrected chi connectivity index (χ2v) is 3.67. The Morgan fingerprint density at radius 1 is 1.39 bits per heavy atom. The predicted molar refractivity (Wildman–Crippen MR) is 63.7 cm³/mol. The maximum absolute atomic E-state index is 11.6. The number of aryl methyl sites for hydroxylation is 1. The smallest absolute Gasteiger partial charge is 0.422 e. The molecule has 0 aliphatic carbocycles. The molecule has 0 saturated heterocycles. The van der Waals surface area contributed by atoms with Crippen LogP contribution >= 0.6 is 0 Å². The quantitative estimate of drug-likeness (QED) is 0.731. The number of benzene rings is 1. The molecule has 0 amide bonds. The van der Waals surface area contributed by atoms with Gasteiger partial charge in [0.05, 0.1) is 23.1 Å². The van der Waals surface area contributed by atoms with Crippen molar-refractivity contribution in [1.29, 1.82) is 0 Å². The van der Waals surface area contributed by atoms with Gasteiger partial charge in [-0.15, -0.1) is 0 Å². The Morgan fingerprint density at radius 3 is 2.78 bits per heavy atom. The van der Waals surface area contributed by atoms with Crippen LogP contribution < -0.4 is 11.4 Å². The molecular formula is C12H11NO5. The first kappa shape index (κ1) is 12.1. The normalized spacial score (nSPS) is 10.6. The number of nitrogens with zero attached hydrogens (tertiary/aromatic N) is 1. The fourth-order valence-electron chi connectivity index (χ4n) is 1.63. The van der Waals surface area contributed by atoms with Crippen molar-refractivity contribution in [2.24, 2.45) is 7.05 Å².